The van der Waals surface area contributed by atoms with E-state index in [0.717, 1.165) is 66.5 Å². The van der Waals surface area contributed by atoms with E-state index in [1.807, 2.05) is 65.7 Å². The van der Waals surface area contributed by atoms with Gasteiger partial charge in [-0.05, 0) is 74.2 Å². The van der Waals surface area contributed by atoms with Crippen LogP contribution in [0.4, 0.5) is 30.6 Å². The zero-order valence-corrected chi connectivity index (χ0v) is 31.9. The summed E-state index contributed by atoms with van der Waals surface area (Å²) in [6.45, 7) is 7.72. The quantitative estimate of drug-likeness (QED) is 0.169. The maximum absolute atomic E-state index is 12.6. The number of aryl methyl sites for hydroxylation is 4. The third-order valence-electron chi connectivity index (χ3n) is 6.66. The van der Waals surface area contributed by atoms with Gasteiger partial charge in [-0.15, -0.1) is 0 Å². The zero-order chi connectivity index (χ0) is 37.0. The molecule has 17 heteroatoms. The van der Waals surface area contributed by atoms with Gasteiger partial charge in [0.25, 0.3) is 0 Å². The van der Waals surface area contributed by atoms with E-state index in [0.29, 0.717) is 11.5 Å². The Morgan fingerprint density at radius 3 is 1.06 bits per heavy atom. The Morgan fingerprint density at radius 1 is 0.490 bits per heavy atom. The molecule has 0 aliphatic carbocycles. The van der Waals surface area contributed by atoms with E-state index in [9.17, 15) is 19.2 Å². The minimum Gasteiger partial charge on any atom is -0.446 e. The predicted octanol–water partition coefficient (Wildman–Crippen LogP) is 5.89. The summed E-state index contributed by atoms with van der Waals surface area (Å²) in [5.41, 5.74) is 5.96. The number of hydrogen-bond acceptors (Lipinski definition) is 13. The van der Waals surface area contributed by atoms with Gasteiger partial charge in [-0.2, -0.15) is 0 Å². The Balaban J connectivity index is 1.64. The van der Waals surface area contributed by atoms with Gasteiger partial charge in [0.15, 0.2) is 0 Å². The average molecular weight is 725 g/mol. The molecule has 0 heterocycles. The second kappa shape index (κ2) is 19.1. The molecule has 272 valence electrons. The van der Waals surface area contributed by atoms with E-state index in [1.54, 1.807) is 24.3 Å². The molecule has 0 radical (unpaired) electrons. The third kappa shape index (κ3) is 12.6. The normalized spacial score (nSPS) is 10.5. The van der Waals surface area contributed by atoms with Crippen molar-refractivity contribution < 1.29 is 42.9 Å². The van der Waals surface area contributed by atoms with E-state index in [-0.39, 0.29) is 26.4 Å². The summed E-state index contributed by atoms with van der Waals surface area (Å²) < 4.78 is 31.2. The first-order valence-electron chi connectivity index (χ1n) is 15.2. The maximum Gasteiger partial charge on any atom is 0.426 e. The van der Waals surface area contributed by atoms with Crippen molar-refractivity contribution in [3.8, 4) is 11.5 Å². The van der Waals surface area contributed by atoms with Crippen molar-refractivity contribution in [3.63, 3.8) is 0 Å². The summed E-state index contributed by atoms with van der Waals surface area (Å²) in [5, 5.41) is 0. The second-order valence-corrected chi connectivity index (χ2v) is 13.8. The van der Waals surface area contributed by atoms with Gasteiger partial charge in [0.1, 0.15) is 24.7 Å². The molecule has 0 spiro atoms. The molecule has 15 nitrogen and oxygen atoms in total. The first kappa shape index (κ1) is 41.0. The summed E-state index contributed by atoms with van der Waals surface area (Å²) >= 11 is 1.62. The average Bonchev–Trinajstić information content (AvgIpc) is 2.98. The predicted molar refractivity (Wildman–Crippen MR) is 192 cm³/mol. The highest BCUT2D eigenvalue weighted by Gasteiger charge is 2.22. The van der Waals surface area contributed by atoms with Crippen LogP contribution in [0, 0.1) is 27.7 Å². The van der Waals surface area contributed by atoms with Gasteiger partial charge in [-0.1, -0.05) is 0 Å². The highest BCUT2D eigenvalue weighted by atomic mass is 32.2. The lowest BCUT2D eigenvalue weighted by molar-refractivity contribution is 0.0404. The van der Waals surface area contributed by atoms with Crippen molar-refractivity contribution in [3.05, 3.63) is 46.5 Å². The van der Waals surface area contributed by atoms with Crippen LogP contribution in [-0.2, 0) is 14.2 Å². The van der Waals surface area contributed by atoms with Crippen molar-refractivity contribution in [2.75, 3.05) is 92.6 Å². The molecule has 0 aliphatic heterocycles. The monoisotopic (exact) mass is 724 g/mol. The van der Waals surface area contributed by atoms with Gasteiger partial charge in [-0.3, -0.25) is 0 Å². The summed E-state index contributed by atoms with van der Waals surface area (Å²) in [5.74, 6) is 0.799. The van der Waals surface area contributed by atoms with Crippen molar-refractivity contribution in [1.29, 1.82) is 0 Å². The summed E-state index contributed by atoms with van der Waals surface area (Å²) in [6, 6.07) is 7.12. The van der Waals surface area contributed by atoms with Gasteiger partial charge in [0.05, 0.1) is 37.5 Å². The lowest BCUT2D eigenvalue weighted by atomic mass is 10.1. The molecule has 0 N–H and O–H groups in total. The number of nitrogens with zero attached hydrogens (tertiary/aromatic N) is 6. The van der Waals surface area contributed by atoms with Crippen LogP contribution in [0.15, 0.2) is 24.3 Å². The molecule has 4 amide bonds. The van der Waals surface area contributed by atoms with Crippen LogP contribution in [0.3, 0.4) is 0 Å². The molecule has 0 fully saturated rings. The topological polar surface area (TPSA) is 134 Å². The van der Waals surface area contributed by atoms with Crippen LogP contribution in [-0.4, -0.2) is 124 Å². The van der Waals surface area contributed by atoms with Gasteiger partial charge in [0.2, 0.25) is 0 Å². The molecule has 2 aromatic rings. The number of ether oxygens (including phenoxy) is 5. The smallest absolute Gasteiger partial charge is 0.426 e. The molecule has 0 saturated heterocycles. The molecule has 0 bridgehead atoms. The third-order valence-corrected chi connectivity index (χ3v) is 8.23. The Hall–Kier alpha value is -4.22. The van der Waals surface area contributed by atoms with E-state index in [4.69, 9.17) is 23.7 Å². The van der Waals surface area contributed by atoms with Crippen molar-refractivity contribution in [2.45, 2.75) is 27.7 Å². The number of amides is 4. The van der Waals surface area contributed by atoms with Gasteiger partial charge in [0, 0.05) is 67.8 Å². The number of carbonyl (C=O) groups is 4. The maximum atomic E-state index is 12.6. The summed E-state index contributed by atoms with van der Waals surface area (Å²) in [6.07, 6.45) is -2.71. The molecule has 0 aromatic heterocycles. The number of hydrogen-bond donors (Lipinski definition) is 0. The van der Waals surface area contributed by atoms with Gasteiger partial charge in [-0.25, -0.2) is 36.4 Å². The minimum atomic E-state index is -0.696. The molecule has 2 aromatic carbocycles. The highest BCUT2D eigenvalue weighted by molar-refractivity contribution is 7.95. The largest absolute Gasteiger partial charge is 0.446 e. The van der Waals surface area contributed by atoms with Crippen molar-refractivity contribution >= 4 is 60.0 Å². The molecular formula is C32H48N6O9S2. The lowest BCUT2D eigenvalue weighted by Crippen LogP contribution is -2.32. The van der Waals surface area contributed by atoms with E-state index in [1.165, 1.54) is 36.8 Å². The fourth-order valence-electron chi connectivity index (χ4n) is 4.85. The SMILES string of the molecule is Cc1cc(OC(=O)N(C)SN(C)C(=O)OCCOCCOC(=O)N(C)SN(C)C(=O)Oc2cc(C)c(N(C)C)c(C)c2)cc(C)c1N(C)C. The molecule has 2 rings (SSSR count). The Morgan fingerprint density at radius 2 is 0.776 bits per heavy atom. The molecule has 0 atom stereocenters. The van der Waals surface area contributed by atoms with Gasteiger partial charge >= 0.3 is 24.4 Å². The van der Waals surface area contributed by atoms with Crippen LogP contribution in [0.25, 0.3) is 0 Å². The molecule has 0 saturated carbocycles. The van der Waals surface area contributed by atoms with Crippen molar-refractivity contribution in [2.24, 2.45) is 0 Å². The summed E-state index contributed by atoms with van der Waals surface area (Å²) in [4.78, 5) is 53.8. The lowest BCUT2D eigenvalue weighted by Gasteiger charge is -2.23. The van der Waals surface area contributed by atoms with E-state index >= 15 is 0 Å². The fraction of sp³-hybridized carbons (Fsp3) is 0.500. The van der Waals surface area contributed by atoms with Crippen LogP contribution in [0.5, 0.6) is 11.5 Å². The van der Waals surface area contributed by atoms with Crippen LogP contribution >= 0.6 is 24.3 Å². The molecular weight excluding hydrogens is 677 g/mol. The zero-order valence-electron chi connectivity index (χ0n) is 30.3. The minimum absolute atomic E-state index is 0.0506. The first-order valence-corrected chi connectivity index (χ1v) is 16.6. The van der Waals surface area contributed by atoms with Crippen molar-refractivity contribution in [1.82, 2.24) is 17.2 Å². The number of benzene rings is 2. The van der Waals surface area contributed by atoms with Gasteiger partial charge < -0.3 is 33.5 Å². The fourth-order valence-corrected chi connectivity index (χ4v) is 6.03. The van der Waals surface area contributed by atoms with Crippen LogP contribution < -0.4 is 19.3 Å². The van der Waals surface area contributed by atoms with Crippen LogP contribution in [0.2, 0.25) is 0 Å². The molecule has 49 heavy (non-hydrogen) atoms. The Labute approximate surface area is 297 Å². The van der Waals surface area contributed by atoms with E-state index < -0.39 is 24.4 Å². The Kier molecular flexibility index (Phi) is 16.0. The molecule has 0 unspecified atom stereocenters. The second-order valence-electron chi connectivity index (χ2n) is 11.3. The standard InChI is InChI=1S/C32H48N6O9S2/c1-21-17-25(18-22(2)27(21)33(5)6)46-31(41)37(11)48-35(9)29(39)44-15-13-43-14-16-45-30(40)36(10)49-38(12)32(42)47-26-19-23(3)28(34(7)8)24(4)20-26/h17-20H,13-16H2,1-12H3. The Bertz CT molecular complexity index is 1320. The number of rotatable bonds is 14. The molecule has 0 aliphatic rings. The van der Waals surface area contributed by atoms with Crippen LogP contribution in [0.1, 0.15) is 22.3 Å². The van der Waals surface area contributed by atoms with E-state index in [2.05, 4.69) is 0 Å². The highest BCUT2D eigenvalue weighted by Crippen LogP contribution is 2.30. The number of carbonyl (C=O) groups excluding carboxylic acids is 4. The number of anilines is 2. The first-order chi connectivity index (χ1) is 22.9. The summed E-state index contributed by atoms with van der Waals surface area (Å²) in [7, 11) is 13.6.